The first-order valence-corrected chi connectivity index (χ1v) is 6.50. The second-order valence-electron chi connectivity index (χ2n) is 4.83. The third-order valence-electron chi connectivity index (χ3n) is 3.61. The van der Waals surface area contributed by atoms with E-state index < -0.39 is 5.41 Å². The van der Waals surface area contributed by atoms with E-state index in [2.05, 4.69) is 6.58 Å². The van der Waals surface area contributed by atoms with E-state index in [1.807, 2.05) is 37.3 Å². The van der Waals surface area contributed by atoms with Gasteiger partial charge in [0, 0.05) is 5.56 Å². The minimum atomic E-state index is -0.726. The van der Waals surface area contributed by atoms with Crippen LogP contribution in [0.1, 0.15) is 22.8 Å². The zero-order valence-electron chi connectivity index (χ0n) is 11.8. The Balaban J connectivity index is 2.40. The number of methoxy groups -OCH3 is 1. The molecule has 2 rings (SSSR count). The Morgan fingerprint density at radius 2 is 1.70 bits per heavy atom. The van der Waals surface area contributed by atoms with E-state index >= 15 is 0 Å². The smallest absolute Gasteiger partial charge is 0.176 e. The fourth-order valence-electron chi connectivity index (χ4n) is 2.17. The van der Waals surface area contributed by atoms with E-state index in [9.17, 15) is 4.79 Å². The van der Waals surface area contributed by atoms with Crippen LogP contribution in [0.15, 0.2) is 67.3 Å². The summed E-state index contributed by atoms with van der Waals surface area (Å²) < 4.78 is 5.11. The second-order valence-corrected chi connectivity index (χ2v) is 4.83. The Morgan fingerprint density at radius 1 is 1.10 bits per heavy atom. The van der Waals surface area contributed by atoms with Crippen molar-refractivity contribution >= 4 is 5.78 Å². The largest absolute Gasteiger partial charge is 0.497 e. The molecule has 0 aliphatic carbocycles. The molecule has 20 heavy (non-hydrogen) atoms. The maximum absolute atomic E-state index is 12.8. The minimum absolute atomic E-state index is 0.0290. The second kappa shape index (κ2) is 5.74. The number of ketones is 1. The molecule has 0 aromatic heterocycles. The molecule has 102 valence electrons. The molecule has 0 unspecified atom stereocenters. The summed E-state index contributed by atoms with van der Waals surface area (Å²) in [5, 5.41) is 0. The number of benzene rings is 2. The van der Waals surface area contributed by atoms with Crippen molar-refractivity contribution < 1.29 is 9.53 Å². The third-order valence-corrected chi connectivity index (χ3v) is 3.61. The van der Waals surface area contributed by atoms with E-state index in [0.717, 1.165) is 11.3 Å². The SMILES string of the molecule is C=C[C@@](C)(C(=O)c1ccc(OC)cc1)c1ccccc1. The fourth-order valence-corrected chi connectivity index (χ4v) is 2.17. The van der Waals surface area contributed by atoms with Crippen LogP contribution in [0, 0.1) is 0 Å². The predicted octanol–water partition coefficient (Wildman–Crippen LogP) is 4.02. The van der Waals surface area contributed by atoms with Crippen LogP contribution in [0.3, 0.4) is 0 Å². The van der Waals surface area contributed by atoms with Gasteiger partial charge in [0.25, 0.3) is 0 Å². The lowest BCUT2D eigenvalue weighted by Gasteiger charge is -2.25. The summed E-state index contributed by atoms with van der Waals surface area (Å²) in [5.74, 6) is 0.767. The molecule has 2 aromatic rings. The molecule has 0 amide bonds. The highest BCUT2D eigenvalue weighted by molar-refractivity contribution is 6.05. The van der Waals surface area contributed by atoms with Gasteiger partial charge >= 0.3 is 0 Å². The molecule has 0 saturated carbocycles. The number of hydrogen-bond acceptors (Lipinski definition) is 2. The fraction of sp³-hybridized carbons (Fsp3) is 0.167. The van der Waals surface area contributed by atoms with Gasteiger partial charge in [-0.15, -0.1) is 6.58 Å². The zero-order valence-corrected chi connectivity index (χ0v) is 11.8. The van der Waals surface area contributed by atoms with Gasteiger partial charge in [-0.1, -0.05) is 36.4 Å². The van der Waals surface area contributed by atoms with Crippen molar-refractivity contribution in [2.45, 2.75) is 12.3 Å². The van der Waals surface area contributed by atoms with Gasteiger partial charge in [0.05, 0.1) is 12.5 Å². The molecule has 0 bridgehead atoms. The van der Waals surface area contributed by atoms with E-state index in [1.54, 1.807) is 37.5 Å². The first kappa shape index (κ1) is 14.1. The van der Waals surface area contributed by atoms with Crippen molar-refractivity contribution in [2.75, 3.05) is 7.11 Å². The van der Waals surface area contributed by atoms with E-state index in [0.29, 0.717) is 5.56 Å². The molecule has 2 aromatic carbocycles. The van der Waals surface area contributed by atoms with Crippen LogP contribution in [-0.4, -0.2) is 12.9 Å². The Hall–Kier alpha value is -2.35. The molecular weight excluding hydrogens is 248 g/mol. The molecule has 0 spiro atoms. The van der Waals surface area contributed by atoms with Gasteiger partial charge in [-0.05, 0) is 36.8 Å². The van der Waals surface area contributed by atoms with Crippen molar-refractivity contribution in [1.29, 1.82) is 0 Å². The van der Waals surface area contributed by atoms with Gasteiger partial charge in [0.1, 0.15) is 5.75 Å². The monoisotopic (exact) mass is 266 g/mol. The third kappa shape index (κ3) is 2.50. The Labute approximate surface area is 119 Å². The van der Waals surface area contributed by atoms with Crippen LogP contribution in [0.4, 0.5) is 0 Å². The standard InChI is InChI=1S/C18H18O2/c1-4-18(2,15-8-6-5-7-9-15)17(19)14-10-12-16(20-3)13-11-14/h4-13H,1H2,2-3H3/t18-/m1/s1. The Morgan fingerprint density at radius 3 is 2.20 bits per heavy atom. The molecule has 0 aliphatic rings. The topological polar surface area (TPSA) is 26.3 Å². The summed E-state index contributed by atoms with van der Waals surface area (Å²) in [5.41, 5.74) is 0.864. The van der Waals surface area contributed by atoms with Crippen LogP contribution in [-0.2, 0) is 5.41 Å². The average molecular weight is 266 g/mol. The Bertz CT molecular complexity index is 599. The average Bonchev–Trinajstić information content (AvgIpc) is 2.54. The van der Waals surface area contributed by atoms with Crippen LogP contribution in [0.25, 0.3) is 0 Å². The number of allylic oxidation sites excluding steroid dienone is 1. The molecular formula is C18H18O2. The number of ether oxygens (including phenoxy) is 1. The van der Waals surface area contributed by atoms with Gasteiger partial charge in [0.15, 0.2) is 5.78 Å². The lowest BCUT2D eigenvalue weighted by molar-refractivity contribution is 0.0927. The van der Waals surface area contributed by atoms with Crippen molar-refractivity contribution in [3.05, 3.63) is 78.4 Å². The lowest BCUT2D eigenvalue weighted by atomic mass is 9.76. The molecule has 2 heteroatoms. The number of hydrogen-bond donors (Lipinski definition) is 0. The predicted molar refractivity (Wildman–Crippen MR) is 81.3 cm³/mol. The molecule has 0 saturated heterocycles. The quantitative estimate of drug-likeness (QED) is 0.603. The van der Waals surface area contributed by atoms with E-state index in [1.165, 1.54) is 0 Å². The van der Waals surface area contributed by atoms with Crippen LogP contribution >= 0.6 is 0 Å². The summed E-state index contributed by atoms with van der Waals surface area (Å²) in [4.78, 5) is 12.8. The molecule has 0 heterocycles. The zero-order chi connectivity index (χ0) is 14.6. The molecule has 0 radical (unpaired) electrons. The number of carbonyl (C=O) groups excluding carboxylic acids is 1. The van der Waals surface area contributed by atoms with Crippen molar-refractivity contribution in [2.24, 2.45) is 0 Å². The van der Waals surface area contributed by atoms with Gasteiger partial charge in [-0.2, -0.15) is 0 Å². The lowest BCUT2D eigenvalue weighted by Crippen LogP contribution is -2.30. The van der Waals surface area contributed by atoms with E-state index in [4.69, 9.17) is 4.74 Å². The Kier molecular flexibility index (Phi) is 4.04. The molecule has 1 atom stereocenters. The summed E-state index contributed by atoms with van der Waals surface area (Å²) in [6.07, 6.45) is 1.70. The van der Waals surface area contributed by atoms with Gasteiger partial charge in [-0.25, -0.2) is 0 Å². The van der Waals surface area contributed by atoms with Gasteiger partial charge in [-0.3, -0.25) is 4.79 Å². The van der Waals surface area contributed by atoms with Crippen molar-refractivity contribution in [3.8, 4) is 5.75 Å². The number of rotatable bonds is 5. The minimum Gasteiger partial charge on any atom is -0.497 e. The van der Waals surface area contributed by atoms with Crippen LogP contribution in [0.2, 0.25) is 0 Å². The molecule has 0 aliphatic heterocycles. The summed E-state index contributed by atoms with van der Waals surface area (Å²) >= 11 is 0. The first-order valence-electron chi connectivity index (χ1n) is 6.50. The summed E-state index contributed by atoms with van der Waals surface area (Å²) in [6.45, 7) is 5.73. The highest BCUT2D eigenvalue weighted by atomic mass is 16.5. The van der Waals surface area contributed by atoms with Crippen LogP contribution in [0.5, 0.6) is 5.75 Å². The van der Waals surface area contributed by atoms with Gasteiger partial charge < -0.3 is 4.74 Å². The molecule has 0 fully saturated rings. The number of carbonyl (C=O) groups is 1. The van der Waals surface area contributed by atoms with Crippen molar-refractivity contribution in [1.82, 2.24) is 0 Å². The van der Waals surface area contributed by atoms with Gasteiger partial charge in [0.2, 0.25) is 0 Å². The van der Waals surface area contributed by atoms with Crippen LogP contribution < -0.4 is 4.74 Å². The maximum Gasteiger partial charge on any atom is 0.176 e. The number of Topliss-reactive ketones (excluding diaryl/α,β-unsaturated/α-hetero) is 1. The molecule has 2 nitrogen and oxygen atoms in total. The first-order chi connectivity index (χ1) is 9.61. The van der Waals surface area contributed by atoms with Crippen molar-refractivity contribution in [3.63, 3.8) is 0 Å². The highest BCUT2D eigenvalue weighted by Crippen LogP contribution is 2.29. The maximum atomic E-state index is 12.8. The summed E-state index contributed by atoms with van der Waals surface area (Å²) in [7, 11) is 1.61. The van der Waals surface area contributed by atoms with E-state index in [-0.39, 0.29) is 5.78 Å². The highest BCUT2D eigenvalue weighted by Gasteiger charge is 2.32. The molecule has 0 N–H and O–H groups in total. The summed E-state index contributed by atoms with van der Waals surface area (Å²) in [6, 6.07) is 16.8. The normalized spacial score (nSPS) is 13.3.